The Bertz CT molecular complexity index is 667. The number of nitriles is 1. The molecule has 0 aliphatic carbocycles. The summed E-state index contributed by atoms with van der Waals surface area (Å²) < 4.78 is 5.74. The highest BCUT2D eigenvalue weighted by Crippen LogP contribution is 2.25. The number of rotatable bonds is 7. The van der Waals surface area contributed by atoms with Crippen molar-refractivity contribution < 1.29 is 4.74 Å². The molecule has 0 fully saturated rings. The number of unbranched alkanes of at least 4 members (excludes halogenated alkanes) is 1. The lowest BCUT2D eigenvalue weighted by atomic mass is 9.90. The molecule has 120 valence electrons. The van der Waals surface area contributed by atoms with Crippen LogP contribution in [0.25, 0.3) is 0 Å². The van der Waals surface area contributed by atoms with Crippen molar-refractivity contribution in [3.05, 3.63) is 64.7 Å². The number of hydrogen-bond donors (Lipinski definition) is 0. The number of ether oxygens (including phenoxy) is 1. The summed E-state index contributed by atoms with van der Waals surface area (Å²) >= 11 is 0. The Kier molecular flexibility index (Phi) is 6.23. The Labute approximate surface area is 139 Å². The molecule has 1 atom stereocenters. The lowest BCUT2D eigenvalue weighted by molar-refractivity contribution is 0.304. The average Bonchev–Trinajstić information content (AvgIpc) is 2.55. The number of benzene rings is 2. The minimum absolute atomic E-state index is 0.0192. The van der Waals surface area contributed by atoms with E-state index < -0.39 is 0 Å². The van der Waals surface area contributed by atoms with Gasteiger partial charge in [0.05, 0.1) is 18.6 Å². The zero-order valence-corrected chi connectivity index (χ0v) is 14.3. The Balaban J connectivity index is 1.79. The second-order valence-corrected chi connectivity index (χ2v) is 6.20. The van der Waals surface area contributed by atoms with E-state index in [2.05, 4.69) is 57.2 Å². The molecule has 1 unspecified atom stereocenters. The highest BCUT2D eigenvalue weighted by atomic mass is 16.5. The first-order chi connectivity index (χ1) is 11.1. The van der Waals surface area contributed by atoms with Gasteiger partial charge in [-0.05, 0) is 63.3 Å². The van der Waals surface area contributed by atoms with E-state index in [1.54, 1.807) is 0 Å². The van der Waals surface area contributed by atoms with Crippen LogP contribution >= 0.6 is 0 Å². The lowest BCUT2D eigenvalue weighted by Crippen LogP contribution is -2.02. The predicted molar refractivity (Wildman–Crippen MR) is 94.8 cm³/mol. The van der Waals surface area contributed by atoms with Gasteiger partial charge in [-0.2, -0.15) is 5.26 Å². The van der Waals surface area contributed by atoms with Gasteiger partial charge in [0.15, 0.2) is 0 Å². The molecule has 0 aliphatic heterocycles. The molecule has 2 heteroatoms. The van der Waals surface area contributed by atoms with Crippen LogP contribution in [0, 0.1) is 32.1 Å². The van der Waals surface area contributed by atoms with E-state index in [1.807, 2.05) is 12.1 Å². The Hall–Kier alpha value is -2.27. The molecule has 0 heterocycles. The van der Waals surface area contributed by atoms with E-state index in [0.29, 0.717) is 6.61 Å². The van der Waals surface area contributed by atoms with Gasteiger partial charge < -0.3 is 4.74 Å². The lowest BCUT2D eigenvalue weighted by Gasteiger charge is -2.13. The van der Waals surface area contributed by atoms with Crippen molar-refractivity contribution in [1.29, 1.82) is 5.26 Å². The molecule has 0 amide bonds. The van der Waals surface area contributed by atoms with Gasteiger partial charge >= 0.3 is 0 Å². The fourth-order valence-electron chi connectivity index (χ4n) is 2.70. The molecule has 0 aromatic heterocycles. The van der Waals surface area contributed by atoms with Crippen LogP contribution in [0.15, 0.2) is 42.5 Å². The van der Waals surface area contributed by atoms with Crippen molar-refractivity contribution >= 4 is 0 Å². The highest BCUT2D eigenvalue weighted by molar-refractivity contribution is 5.36. The maximum absolute atomic E-state index is 9.47. The minimum atomic E-state index is -0.0192. The van der Waals surface area contributed by atoms with Gasteiger partial charge in [0.25, 0.3) is 0 Å². The van der Waals surface area contributed by atoms with Gasteiger partial charge in [0.1, 0.15) is 5.75 Å². The molecule has 2 rings (SSSR count). The smallest absolute Gasteiger partial charge is 0.119 e. The van der Waals surface area contributed by atoms with Gasteiger partial charge in [-0.15, -0.1) is 0 Å². The molecular formula is C21H25NO. The summed E-state index contributed by atoms with van der Waals surface area (Å²) in [5.41, 5.74) is 4.83. The third-order valence-electron chi connectivity index (χ3n) is 4.14. The normalized spacial score (nSPS) is 11.7. The van der Waals surface area contributed by atoms with Gasteiger partial charge in [0.2, 0.25) is 0 Å². The Morgan fingerprint density at radius 2 is 1.65 bits per heavy atom. The van der Waals surface area contributed by atoms with Crippen LogP contribution in [0.3, 0.4) is 0 Å². The highest BCUT2D eigenvalue weighted by Gasteiger charge is 2.13. The number of nitrogens with zero attached hydrogens (tertiary/aromatic N) is 1. The summed E-state index contributed by atoms with van der Waals surface area (Å²) in [4.78, 5) is 0. The molecule has 23 heavy (non-hydrogen) atoms. The quantitative estimate of drug-likeness (QED) is 0.636. The van der Waals surface area contributed by atoms with Gasteiger partial charge in [0, 0.05) is 0 Å². The van der Waals surface area contributed by atoms with Crippen LogP contribution in [0.2, 0.25) is 0 Å². The molecule has 2 aromatic rings. The Morgan fingerprint density at radius 3 is 2.35 bits per heavy atom. The van der Waals surface area contributed by atoms with Crippen LogP contribution in [-0.4, -0.2) is 6.61 Å². The minimum Gasteiger partial charge on any atom is -0.494 e. The summed E-state index contributed by atoms with van der Waals surface area (Å²) in [5.74, 6) is 0.899. The number of hydrogen-bond acceptors (Lipinski definition) is 2. The van der Waals surface area contributed by atoms with Crippen molar-refractivity contribution in [3.8, 4) is 11.8 Å². The zero-order chi connectivity index (χ0) is 16.7. The monoisotopic (exact) mass is 307 g/mol. The van der Waals surface area contributed by atoms with Crippen LogP contribution in [0.1, 0.15) is 47.4 Å². The molecule has 0 bridgehead atoms. The molecular weight excluding hydrogens is 282 g/mol. The second kappa shape index (κ2) is 8.39. The molecule has 2 aromatic carbocycles. The van der Waals surface area contributed by atoms with Gasteiger partial charge in [-0.25, -0.2) is 0 Å². The first kappa shape index (κ1) is 17.1. The van der Waals surface area contributed by atoms with Crippen LogP contribution in [0.4, 0.5) is 0 Å². The first-order valence-corrected chi connectivity index (χ1v) is 8.26. The number of aryl methyl sites for hydroxylation is 3. The van der Waals surface area contributed by atoms with E-state index in [9.17, 15) is 5.26 Å². The SMILES string of the molecule is Cc1ccc(OCCCCC(C#N)c2cc(C)ccc2C)cc1. The second-order valence-electron chi connectivity index (χ2n) is 6.20. The van der Waals surface area contributed by atoms with E-state index in [4.69, 9.17) is 4.74 Å². The van der Waals surface area contributed by atoms with E-state index >= 15 is 0 Å². The molecule has 0 saturated heterocycles. The third-order valence-corrected chi connectivity index (χ3v) is 4.14. The average molecular weight is 307 g/mol. The molecule has 0 spiro atoms. The van der Waals surface area contributed by atoms with Crippen molar-refractivity contribution in [1.82, 2.24) is 0 Å². The molecule has 0 N–H and O–H groups in total. The summed E-state index contributed by atoms with van der Waals surface area (Å²) in [5, 5.41) is 9.47. The maximum atomic E-state index is 9.47. The predicted octanol–water partition coefficient (Wildman–Crippen LogP) is 5.47. The zero-order valence-electron chi connectivity index (χ0n) is 14.3. The van der Waals surface area contributed by atoms with Crippen molar-refractivity contribution in [2.45, 2.75) is 46.0 Å². The fraction of sp³-hybridized carbons (Fsp3) is 0.381. The molecule has 0 aliphatic rings. The fourth-order valence-corrected chi connectivity index (χ4v) is 2.70. The summed E-state index contributed by atoms with van der Waals surface area (Å²) in [7, 11) is 0. The maximum Gasteiger partial charge on any atom is 0.119 e. The van der Waals surface area contributed by atoms with Gasteiger partial charge in [-0.1, -0.05) is 41.5 Å². The van der Waals surface area contributed by atoms with E-state index in [0.717, 1.165) is 25.0 Å². The van der Waals surface area contributed by atoms with Crippen LogP contribution in [-0.2, 0) is 0 Å². The van der Waals surface area contributed by atoms with Crippen LogP contribution in [0.5, 0.6) is 5.75 Å². The standard InChI is InChI=1S/C21H25NO/c1-16-8-11-20(12-9-16)23-13-5-4-6-19(15-22)21-14-17(2)7-10-18(21)3/h7-12,14,19H,4-6,13H2,1-3H3. The van der Waals surface area contributed by atoms with E-state index in [-0.39, 0.29) is 5.92 Å². The van der Waals surface area contributed by atoms with Crippen molar-refractivity contribution in [3.63, 3.8) is 0 Å². The third kappa shape index (κ3) is 5.14. The summed E-state index contributed by atoms with van der Waals surface area (Å²) in [6.45, 7) is 6.93. The molecule has 2 nitrogen and oxygen atoms in total. The molecule has 0 radical (unpaired) electrons. The van der Waals surface area contributed by atoms with Crippen LogP contribution < -0.4 is 4.74 Å². The Morgan fingerprint density at radius 1 is 0.957 bits per heavy atom. The summed E-state index contributed by atoms with van der Waals surface area (Å²) in [6.07, 6.45) is 2.85. The van der Waals surface area contributed by atoms with E-state index in [1.165, 1.54) is 22.3 Å². The van der Waals surface area contributed by atoms with Gasteiger partial charge in [-0.3, -0.25) is 0 Å². The van der Waals surface area contributed by atoms with Crippen molar-refractivity contribution in [2.75, 3.05) is 6.61 Å². The van der Waals surface area contributed by atoms with Crippen molar-refractivity contribution in [2.24, 2.45) is 0 Å². The summed E-state index contributed by atoms with van der Waals surface area (Å²) in [6, 6.07) is 16.9. The molecule has 0 saturated carbocycles. The largest absolute Gasteiger partial charge is 0.494 e. The topological polar surface area (TPSA) is 33.0 Å². The first-order valence-electron chi connectivity index (χ1n) is 8.26.